The highest BCUT2D eigenvalue weighted by Gasteiger charge is 2.40. The van der Waals surface area contributed by atoms with Gasteiger partial charge < -0.3 is 66.3 Å². The second kappa shape index (κ2) is 44.0. The molecule has 28 nitrogen and oxygen atoms in total. The van der Waals surface area contributed by atoms with E-state index < -0.39 is 89.8 Å². The normalized spacial score (nSPS) is 16.9. The molecule has 0 spiro atoms. The van der Waals surface area contributed by atoms with Crippen molar-refractivity contribution >= 4 is 100 Å². The molecule has 5 rings (SSSR count). The minimum Gasteiger partial charge on any atom is -0.481 e. The Labute approximate surface area is 626 Å². The van der Waals surface area contributed by atoms with Crippen LogP contribution >= 0.6 is 23.1 Å². The number of urea groups is 1. The van der Waals surface area contributed by atoms with E-state index in [1.807, 2.05) is 25.8 Å². The summed E-state index contributed by atoms with van der Waals surface area (Å²) < 4.78 is 17.7. The number of hydrogen-bond acceptors (Lipinski definition) is 19. The van der Waals surface area contributed by atoms with E-state index in [0.717, 1.165) is 50.6 Å². The number of thioether (sulfide) groups is 1. The van der Waals surface area contributed by atoms with Crippen LogP contribution in [0.5, 0.6) is 5.75 Å². The molecule has 2 fully saturated rings. The number of carboxylic acid groups (broad SMARTS) is 1. The quantitative estimate of drug-likeness (QED) is 0.0205. The number of aromatic nitrogens is 1. The molecule has 2 aromatic carbocycles. The number of carbonyl (C=O) groups is 12. The number of unbranched alkanes of at least 4 members (excludes halogenated alkanes) is 2. The zero-order chi connectivity index (χ0) is 77.6. The van der Waals surface area contributed by atoms with Crippen molar-refractivity contribution in [3.63, 3.8) is 0 Å². The number of nitrogens with zero attached hydrogens (tertiary/aromatic N) is 6. The van der Waals surface area contributed by atoms with Crippen molar-refractivity contribution in [1.29, 1.82) is 0 Å². The first kappa shape index (κ1) is 87.4. The summed E-state index contributed by atoms with van der Waals surface area (Å²) >= 11 is 2.63. The van der Waals surface area contributed by atoms with Gasteiger partial charge in [0.05, 0.1) is 17.2 Å². The van der Waals surface area contributed by atoms with Crippen LogP contribution in [0.15, 0.2) is 53.9 Å². The van der Waals surface area contributed by atoms with Crippen molar-refractivity contribution < 1.29 is 76.9 Å². The standard InChI is InChI=1S/C75H114N12O16S2/c1-14-32-86(70(94)55(48(8)16-3)40-60(88)58-22-19-21-33-83(58)10)59(46(4)5)41-61(101-37-15-2)69-81-57(45-105-69)67(92)79-53(38-49(9)72(96)97)39-50-26-30-54(31-27-50)103-75(100)85(12)36-35-84(11)74(99)102-44-51-24-28-52(29-25-51)78-66(91)56(43-77-73(76)98)80-68(93)65(47(6)7)82-63(89)23-18-17-20-34-87-64(90)42-62(104-13)71(87)95/h24-31,45-49,53,55-56,58-59,61-62,65H,14-23,32-44H2,1-13H3,(H,78,91)(H,79,92)(H,80,93)(H,82,89)(H,96,97)(H3,76,77,98)/t48-,49-,53+,55-,56+,58+,59+,61+,62?,65+/m0/s1. The van der Waals surface area contributed by atoms with Crippen LogP contribution in [0.2, 0.25) is 0 Å². The SMILES string of the molecule is CCCO[C@H](C[C@H](C(C)C)N(CCC)C(=O)[C@@H](CC(=O)[C@H]1CCCCN1C)[C@@H](C)CC)c1nc(C(=O)N[C@@H](Cc2ccc(OC(=O)N(C)CCN(C)C(=O)OCc3ccc(NC(=O)[C@@H](CNC(N)=O)NC(=O)[C@H](NC(=O)CCCCCN4C(=O)CC(SC)C4=O)C(C)C)cc3)cc2)C[C@H](C)C(=O)O)cs1. The molecule has 30 heteroatoms. The minimum atomic E-state index is -1.32. The Morgan fingerprint density at radius 2 is 1.48 bits per heavy atom. The fourth-order valence-electron chi connectivity index (χ4n) is 12.6. The molecule has 0 saturated carbocycles. The summed E-state index contributed by atoms with van der Waals surface area (Å²) in [6.45, 7) is 19.0. The number of likely N-dealkylation sites (tertiary alicyclic amines) is 2. The zero-order valence-electron chi connectivity index (χ0n) is 63.5. The molecular formula is C75H114N12O16S2. The molecule has 1 aromatic heterocycles. The molecule has 2 aliphatic heterocycles. The van der Waals surface area contributed by atoms with Gasteiger partial charge in [-0.05, 0) is 124 Å². The van der Waals surface area contributed by atoms with Gasteiger partial charge in [-0.25, -0.2) is 19.4 Å². The Kier molecular flexibility index (Phi) is 36.7. The highest BCUT2D eigenvalue weighted by Crippen LogP contribution is 2.34. The number of ether oxygens (including phenoxy) is 3. The van der Waals surface area contributed by atoms with Gasteiger partial charge in [0.2, 0.25) is 35.4 Å². The molecule has 3 aromatic rings. The van der Waals surface area contributed by atoms with Gasteiger partial charge in [-0.1, -0.05) is 106 Å². The largest absolute Gasteiger partial charge is 0.481 e. The molecule has 1 unspecified atom stereocenters. The van der Waals surface area contributed by atoms with Gasteiger partial charge in [0.1, 0.15) is 41.2 Å². The number of likely N-dealkylation sites (N-methyl/N-ethyl adjacent to an activating group) is 3. The number of nitrogens with one attached hydrogen (secondary N) is 5. The Morgan fingerprint density at radius 3 is 2.08 bits per heavy atom. The number of nitrogens with two attached hydrogens (primary N) is 1. The van der Waals surface area contributed by atoms with Crippen molar-refractivity contribution in [3.05, 3.63) is 75.7 Å². The number of amides is 11. The van der Waals surface area contributed by atoms with Crippen LogP contribution in [-0.4, -0.2) is 215 Å². The van der Waals surface area contributed by atoms with E-state index in [9.17, 15) is 62.6 Å². The Balaban J connectivity index is 1.11. The van der Waals surface area contributed by atoms with Crippen molar-refractivity contribution in [2.24, 2.45) is 35.3 Å². The summed E-state index contributed by atoms with van der Waals surface area (Å²) in [6.07, 6.45) is 7.58. The number of primary amides is 1. The predicted molar refractivity (Wildman–Crippen MR) is 402 cm³/mol. The molecule has 0 bridgehead atoms. The van der Waals surface area contributed by atoms with E-state index in [-0.39, 0.29) is 129 Å². The third-order valence-corrected chi connectivity index (χ3v) is 21.1. The Hall–Kier alpha value is -8.22. The molecule has 105 heavy (non-hydrogen) atoms. The van der Waals surface area contributed by atoms with Crippen LogP contribution in [-0.2, 0) is 60.9 Å². The first-order valence-electron chi connectivity index (χ1n) is 36.8. The van der Waals surface area contributed by atoms with Crippen molar-refractivity contribution in [2.75, 3.05) is 78.6 Å². The molecule has 3 heterocycles. The van der Waals surface area contributed by atoms with Gasteiger partial charge in [0.15, 0.2) is 5.78 Å². The number of Topliss-reactive ketones (excluding diaryl/α,β-unsaturated/α-hetero) is 1. The lowest BCUT2D eigenvalue weighted by molar-refractivity contribution is -0.145. The minimum absolute atomic E-state index is 0.0125. The maximum atomic E-state index is 14.9. The highest BCUT2D eigenvalue weighted by molar-refractivity contribution is 8.00. The number of rotatable bonds is 44. The summed E-state index contributed by atoms with van der Waals surface area (Å²) in [5.74, 6) is -5.10. The highest BCUT2D eigenvalue weighted by atomic mass is 32.2. The average Bonchev–Trinajstić information content (AvgIpc) is 1.61. The molecule has 11 amide bonds. The van der Waals surface area contributed by atoms with E-state index in [4.69, 9.17) is 24.9 Å². The van der Waals surface area contributed by atoms with Crippen LogP contribution in [0, 0.1) is 29.6 Å². The van der Waals surface area contributed by atoms with Crippen molar-refractivity contribution in [3.8, 4) is 5.75 Å². The number of benzene rings is 2. The number of anilines is 1. The number of piperidine rings is 1. The van der Waals surface area contributed by atoms with E-state index in [0.29, 0.717) is 55.1 Å². The smallest absolute Gasteiger partial charge is 0.415 e. The van der Waals surface area contributed by atoms with Crippen LogP contribution in [0.3, 0.4) is 0 Å². The Bertz CT molecular complexity index is 3380. The van der Waals surface area contributed by atoms with Gasteiger partial charge in [0, 0.05) is 108 Å². The topological polar surface area (TPSA) is 368 Å². The number of carboxylic acids is 1. The number of hydrogen-bond donors (Lipinski definition) is 7. The Morgan fingerprint density at radius 1 is 0.800 bits per heavy atom. The van der Waals surface area contributed by atoms with E-state index in [1.165, 1.54) is 51.9 Å². The molecule has 10 atom stereocenters. The molecule has 2 saturated heterocycles. The van der Waals surface area contributed by atoms with Crippen molar-refractivity contribution in [2.45, 2.75) is 207 Å². The van der Waals surface area contributed by atoms with Crippen LogP contribution in [0.25, 0.3) is 0 Å². The monoisotopic (exact) mass is 1500 g/mol. The molecular weight excluding hydrogens is 1390 g/mol. The lowest BCUT2D eigenvalue weighted by Gasteiger charge is -2.40. The van der Waals surface area contributed by atoms with Gasteiger partial charge in [-0.2, -0.15) is 11.8 Å². The summed E-state index contributed by atoms with van der Waals surface area (Å²) in [5.41, 5.74) is 7.02. The lowest BCUT2D eigenvalue weighted by atomic mass is 9.82. The van der Waals surface area contributed by atoms with Crippen LogP contribution < -0.4 is 37.1 Å². The van der Waals surface area contributed by atoms with E-state index in [1.54, 1.807) is 80.9 Å². The summed E-state index contributed by atoms with van der Waals surface area (Å²) in [5, 5.41) is 25.2. The number of aliphatic carboxylic acids is 1. The number of thiazole rings is 1. The van der Waals surface area contributed by atoms with Gasteiger partial charge >= 0.3 is 24.2 Å². The van der Waals surface area contributed by atoms with Crippen molar-refractivity contribution in [1.82, 2.24) is 50.8 Å². The zero-order valence-corrected chi connectivity index (χ0v) is 65.2. The maximum absolute atomic E-state index is 14.9. The number of carbonyl (C=O) groups excluding carboxylic acids is 11. The van der Waals surface area contributed by atoms with Crippen LogP contribution in [0.1, 0.15) is 185 Å². The first-order chi connectivity index (χ1) is 49.9. The van der Waals surface area contributed by atoms with Gasteiger partial charge in [-0.15, -0.1) is 11.3 Å². The first-order valence-corrected chi connectivity index (χ1v) is 39.0. The summed E-state index contributed by atoms with van der Waals surface area (Å²) in [6, 6.07) is 8.49. The lowest BCUT2D eigenvalue weighted by Crippen LogP contribution is -2.57. The molecule has 8 N–H and O–H groups in total. The second-order valence-electron chi connectivity index (χ2n) is 28.3. The maximum Gasteiger partial charge on any atom is 0.415 e. The fraction of sp³-hybridized carbons (Fsp3) is 0.640. The third-order valence-electron chi connectivity index (χ3n) is 19.3. The van der Waals surface area contributed by atoms with Gasteiger partial charge in [-0.3, -0.25) is 53.0 Å². The average molecular weight is 1500 g/mol. The fourth-order valence-corrected chi connectivity index (χ4v) is 14.1. The molecule has 2 aliphatic rings. The molecule has 0 radical (unpaired) electrons. The molecule has 0 aliphatic carbocycles. The third kappa shape index (κ3) is 27.9. The number of ketones is 1. The number of imide groups is 1. The van der Waals surface area contributed by atoms with E-state index in [2.05, 4.69) is 59.2 Å². The summed E-state index contributed by atoms with van der Waals surface area (Å²) in [4.78, 5) is 171. The van der Waals surface area contributed by atoms with Crippen LogP contribution in [0.4, 0.5) is 20.1 Å². The second-order valence-corrected chi connectivity index (χ2v) is 30.3. The molecule has 582 valence electrons. The van der Waals surface area contributed by atoms with Gasteiger partial charge in [0.25, 0.3) is 5.91 Å². The predicted octanol–water partition coefficient (Wildman–Crippen LogP) is 8.80. The van der Waals surface area contributed by atoms with E-state index >= 15 is 0 Å². The summed E-state index contributed by atoms with van der Waals surface area (Å²) in [7, 11) is 4.99.